The Kier molecular flexibility index (Phi) is 21.6. The second kappa shape index (κ2) is 34.6. The van der Waals surface area contributed by atoms with Gasteiger partial charge in [-0.05, 0) is 112 Å². The molecule has 124 heavy (non-hydrogen) atoms. The summed E-state index contributed by atoms with van der Waals surface area (Å²) in [6.07, 6.45) is 0. The second-order valence-corrected chi connectivity index (χ2v) is 46.9. The van der Waals surface area contributed by atoms with Gasteiger partial charge in [0.1, 0.15) is 0 Å². The highest BCUT2D eigenvalue weighted by Crippen LogP contribution is 2.34. The fourth-order valence-electron chi connectivity index (χ4n) is 19.2. The van der Waals surface area contributed by atoms with E-state index in [1.54, 1.807) is 0 Å². The summed E-state index contributed by atoms with van der Waals surface area (Å²) in [6, 6.07) is 190. The molecule has 0 N–H and O–H groups in total. The number of benzene rings is 18. The molecule has 18 aromatic carbocycles. The van der Waals surface area contributed by atoms with Crippen molar-refractivity contribution in [2.75, 3.05) is 0 Å². The molecule has 2 heterocycles. The van der Waals surface area contributed by atoms with Gasteiger partial charge >= 0.3 is 0 Å². The van der Waals surface area contributed by atoms with E-state index in [0.29, 0.717) is 23.3 Å². The second-order valence-electron chi connectivity index (χ2n) is 31.6. The summed E-state index contributed by atoms with van der Waals surface area (Å²) in [6.45, 7) is 0. The Morgan fingerprint density at radius 3 is 0.452 bits per heavy atom. The van der Waals surface area contributed by atoms with E-state index in [-0.39, 0.29) is 0 Å². The first-order valence-corrected chi connectivity index (χ1v) is 50.4. The highest BCUT2D eigenvalue weighted by molar-refractivity contribution is 7.22. The monoisotopic (exact) mass is 1650 g/mol. The van der Waals surface area contributed by atoms with Crippen molar-refractivity contribution < 1.29 is 0 Å². The molecule has 5 nitrogen and oxygen atoms in total. The number of rotatable bonds is 23. The predicted octanol–water partition coefficient (Wildman–Crippen LogP) is 15.8. The molecule has 2 aromatic heterocycles. The molecule has 0 spiro atoms. The molecule has 586 valence electrons. The molecular weight excluding hydrogens is 1560 g/mol. The summed E-state index contributed by atoms with van der Waals surface area (Å²) in [5.74, 6) is 2.29. The molecular formula is C115H85N5Si4. The van der Waals surface area contributed by atoms with E-state index in [1.165, 1.54) is 83.0 Å². The van der Waals surface area contributed by atoms with Crippen LogP contribution in [0.5, 0.6) is 0 Å². The van der Waals surface area contributed by atoms with Crippen molar-refractivity contribution in [3.05, 3.63) is 516 Å². The zero-order chi connectivity index (χ0) is 83.0. The SMILES string of the molecule is c1ccc([Si](c2ccccc2)(c2ccccc2)c2cccc(-c3cc(-c4cccc([Si](c5ccccc5)(c5ccccc5)c5ccccc5)c4)nc(-c4cccc(-c5cccc(-c6nc(-c7cccc([Si](c8ccccc8)(c8ccccc8)c8ccccc8)c7)nc(-c7cccc([Si](c8ccccc8)(c8ccccc8)c8ccccc8)c7)n6)c5)c4)n3)c2)cc1. The molecule has 0 amide bonds. The molecule has 9 heteroatoms. The minimum atomic E-state index is -3.02. The van der Waals surface area contributed by atoms with Crippen LogP contribution in [0, 0.1) is 0 Å². The highest BCUT2D eigenvalue weighted by Gasteiger charge is 2.46. The largest absolute Gasteiger partial charge is 0.228 e. The minimum absolute atomic E-state index is 0.548. The molecule has 0 radical (unpaired) electrons. The van der Waals surface area contributed by atoms with Crippen LogP contribution in [-0.4, -0.2) is 57.2 Å². The van der Waals surface area contributed by atoms with Crippen LogP contribution in [0.1, 0.15) is 0 Å². The Morgan fingerprint density at radius 1 is 0.105 bits per heavy atom. The number of hydrogen-bond acceptors (Lipinski definition) is 5. The van der Waals surface area contributed by atoms with Crippen molar-refractivity contribution >= 4 is 115 Å². The van der Waals surface area contributed by atoms with Crippen LogP contribution < -0.4 is 83.0 Å². The van der Waals surface area contributed by atoms with Crippen molar-refractivity contribution in [1.82, 2.24) is 24.9 Å². The lowest BCUT2D eigenvalue weighted by Gasteiger charge is -2.34. The summed E-state index contributed by atoms with van der Waals surface area (Å²) < 4.78 is 0. The standard InChI is InChI=1S/C115H85N5Si4/c1-13-51-94(52-14-1)121(95-53-15-2-16-54-95,96-55-17-3-18-56-96)106-75-39-45-88(81-106)110-85-111(89-46-40-76-107(82-89)122(97-57-19-4-20-58-97,98-59-21-5-22-60-98)99-61-23-6-24-62-99)117-112(116-110)90-47-37-43-86(79-90)87-44-38-48-91(80-87)113-118-114(92-49-41-77-108(83-92)123(100-63-25-7-26-64-100,101-65-27-8-28-66-101)102-67-29-9-30-68-102)120-115(119-113)93-50-42-78-109(84-93)124(103-69-31-10-32-70-103,104-71-33-11-34-72-104)105-73-35-12-36-74-105/h1-85H. The van der Waals surface area contributed by atoms with E-state index in [1.807, 2.05) is 0 Å². The third-order valence-electron chi connectivity index (χ3n) is 24.7. The topological polar surface area (TPSA) is 64.5 Å². The number of aromatic nitrogens is 5. The van der Waals surface area contributed by atoms with E-state index in [0.717, 1.165) is 55.9 Å². The molecule has 0 fully saturated rings. The zero-order valence-corrected chi connectivity index (χ0v) is 72.3. The molecule has 0 saturated carbocycles. The summed E-state index contributed by atoms with van der Waals surface area (Å²) in [7, 11) is -12.0. The van der Waals surface area contributed by atoms with Gasteiger partial charge in [0.15, 0.2) is 55.6 Å². The maximum Gasteiger partial charge on any atom is 0.179 e. The Balaban J connectivity index is 0.766. The van der Waals surface area contributed by atoms with Gasteiger partial charge < -0.3 is 0 Å². The van der Waals surface area contributed by atoms with E-state index in [9.17, 15) is 0 Å². The average molecular weight is 1650 g/mol. The van der Waals surface area contributed by atoms with E-state index < -0.39 is 32.3 Å². The van der Waals surface area contributed by atoms with Crippen LogP contribution >= 0.6 is 0 Å². The van der Waals surface area contributed by atoms with Crippen LogP contribution in [-0.2, 0) is 0 Å². The first kappa shape index (κ1) is 77.5. The molecule has 0 atom stereocenters. The maximum atomic E-state index is 5.77. The molecule has 0 unspecified atom stereocenters. The predicted molar refractivity (Wildman–Crippen MR) is 528 cm³/mol. The lowest BCUT2D eigenvalue weighted by atomic mass is 10.00. The molecule has 0 saturated heterocycles. The van der Waals surface area contributed by atoms with Crippen LogP contribution in [0.2, 0.25) is 0 Å². The summed E-state index contributed by atoms with van der Waals surface area (Å²) in [5.41, 5.74) is 9.06. The van der Waals surface area contributed by atoms with Crippen LogP contribution in [0.3, 0.4) is 0 Å². The van der Waals surface area contributed by atoms with Gasteiger partial charge in [-0.2, -0.15) is 0 Å². The van der Waals surface area contributed by atoms with Crippen molar-refractivity contribution in [3.63, 3.8) is 0 Å². The minimum Gasteiger partial charge on any atom is -0.228 e. The van der Waals surface area contributed by atoms with Crippen molar-refractivity contribution in [1.29, 1.82) is 0 Å². The molecule has 0 aliphatic rings. The summed E-state index contributed by atoms with van der Waals surface area (Å²) in [5, 5.41) is 20.4. The molecule has 20 rings (SSSR count). The number of hydrogen-bond donors (Lipinski definition) is 0. The van der Waals surface area contributed by atoms with Gasteiger partial charge in [0.2, 0.25) is 0 Å². The van der Waals surface area contributed by atoms with Gasteiger partial charge in [0, 0.05) is 33.4 Å². The summed E-state index contributed by atoms with van der Waals surface area (Å²) in [4.78, 5) is 28.5. The van der Waals surface area contributed by atoms with Gasteiger partial charge in [-0.25, -0.2) is 24.9 Å². The lowest BCUT2D eigenvalue weighted by Crippen LogP contribution is -2.74. The highest BCUT2D eigenvalue weighted by atomic mass is 28.3. The lowest BCUT2D eigenvalue weighted by molar-refractivity contribution is 1.07. The van der Waals surface area contributed by atoms with Crippen molar-refractivity contribution in [3.8, 4) is 79.2 Å². The van der Waals surface area contributed by atoms with E-state index >= 15 is 0 Å². The number of nitrogens with zero attached hydrogens (tertiary/aromatic N) is 5. The Bertz CT molecular complexity index is 5880. The molecule has 0 aliphatic heterocycles. The van der Waals surface area contributed by atoms with Crippen LogP contribution in [0.4, 0.5) is 0 Å². The smallest absolute Gasteiger partial charge is 0.179 e. The van der Waals surface area contributed by atoms with Gasteiger partial charge in [-0.3, -0.25) is 0 Å². The molecule has 0 bridgehead atoms. The Hall–Kier alpha value is -15.1. The van der Waals surface area contributed by atoms with Gasteiger partial charge in [0.25, 0.3) is 0 Å². The van der Waals surface area contributed by atoms with Gasteiger partial charge in [-0.1, -0.05) is 497 Å². The molecule has 0 aliphatic carbocycles. The first-order valence-electron chi connectivity index (χ1n) is 42.4. The third kappa shape index (κ3) is 14.4. The maximum absolute atomic E-state index is 5.77. The van der Waals surface area contributed by atoms with E-state index in [2.05, 4.69) is 516 Å². The fraction of sp³-hybridized carbons (Fsp3) is 0. The van der Waals surface area contributed by atoms with Crippen LogP contribution in [0.25, 0.3) is 79.2 Å². The quantitative estimate of drug-likeness (QED) is 0.0472. The fourth-order valence-corrected chi connectivity index (χ4v) is 38.4. The van der Waals surface area contributed by atoms with Gasteiger partial charge in [0.05, 0.1) is 11.4 Å². The zero-order valence-electron chi connectivity index (χ0n) is 68.3. The van der Waals surface area contributed by atoms with Crippen molar-refractivity contribution in [2.24, 2.45) is 0 Å². The van der Waals surface area contributed by atoms with Crippen molar-refractivity contribution in [2.45, 2.75) is 0 Å². The van der Waals surface area contributed by atoms with Crippen LogP contribution in [0.15, 0.2) is 516 Å². The van der Waals surface area contributed by atoms with E-state index in [4.69, 9.17) is 24.9 Å². The van der Waals surface area contributed by atoms with Gasteiger partial charge in [-0.15, -0.1) is 0 Å². The average Bonchev–Trinajstić information content (AvgIpc) is 0.744. The summed E-state index contributed by atoms with van der Waals surface area (Å²) >= 11 is 0. The molecule has 20 aromatic rings. The Labute approximate surface area is 729 Å². The normalized spacial score (nSPS) is 11.7. The third-order valence-corrected chi connectivity index (χ3v) is 43.8. The Morgan fingerprint density at radius 2 is 0.250 bits per heavy atom. The first-order chi connectivity index (χ1) is 61.4.